The third-order valence-corrected chi connectivity index (χ3v) is 3.64. The van der Waals surface area contributed by atoms with E-state index in [2.05, 4.69) is 4.72 Å². The van der Waals surface area contributed by atoms with Crippen molar-refractivity contribution in [2.45, 2.75) is 32.1 Å². The van der Waals surface area contributed by atoms with Gasteiger partial charge in [0.2, 0.25) is 10.0 Å². The molecule has 0 bridgehead atoms. The van der Waals surface area contributed by atoms with E-state index >= 15 is 0 Å². The predicted molar refractivity (Wildman–Crippen MR) is 63.8 cm³/mol. The van der Waals surface area contributed by atoms with Crippen LogP contribution >= 0.6 is 0 Å². The number of hydrogen-bond acceptors (Lipinski definition) is 4. The molecule has 0 saturated carbocycles. The van der Waals surface area contributed by atoms with Crippen molar-refractivity contribution in [1.82, 2.24) is 4.72 Å². The minimum atomic E-state index is -3.13. The second-order valence-electron chi connectivity index (χ2n) is 3.70. The van der Waals surface area contributed by atoms with Crippen LogP contribution in [0.2, 0.25) is 0 Å². The highest BCUT2D eigenvalue weighted by Gasteiger charge is 2.08. The van der Waals surface area contributed by atoms with Crippen LogP contribution in [0.3, 0.4) is 0 Å². The van der Waals surface area contributed by atoms with Crippen LogP contribution in [0, 0.1) is 0 Å². The number of rotatable bonds is 11. The molecule has 16 heavy (non-hydrogen) atoms. The van der Waals surface area contributed by atoms with E-state index in [0.29, 0.717) is 19.6 Å². The zero-order valence-electron chi connectivity index (χ0n) is 9.94. The molecule has 0 amide bonds. The summed E-state index contributed by atoms with van der Waals surface area (Å²) in [4.78, 5) is 0. The molecule has 0 aliphatic rings. The first-order valence-corrected chi connectivity index (χ1v) is 7.35. The third-order valence-electron chi connectivity index (χ3n) is 2.17. The van der Waals surface area contributed by atoms with E-state index < -0.39 is 10.0 Å². The van der Waals surface area contributed by atoms with Crippen LogP contribution in [0.1, 0.15) is 32.1 Å². The Morgan fingerprint density at radius 1 is 1.12 bits per heavy atom. The second kappa shape index (κ2) is 10.0. The fourth-order valence-corrected chi connectivity index (χ4v) is 2.38. The van der Waals surface area contributed by atoms with Gasteiger partial charge in [0, 0.05) is 26.9 Å². The van der Waals surface area contributed by atoms with Gasteiger partial charge < -0.3 is 9.84 Å². The molecule has 0 atom stereocenters. The summed E-state index contributed by atoms with van der Waals surface area (Å²) in [6.45, 7) is 1.17. The number of sulfonamides is 1. The van der Waals surface area contributed by atoms with Crippen LogP contribution < -0.4 is 4.72 Å². The normalized spacial score (nSPS) is 11.9. The lowest BCUT2D eigenvalue weighted by molar-refractivity contribution is 0.199. The van der Waals surface area contributed by atoms with E-state index in [4.69, 9.17) is 9.84 Å². The van der Waals surface area contributed by atoms with Crippen molar-refractivity contribution in [3.05, 3.63) is 0 Å². The van der Waals surface area contributed by atoms with Crippen LogP contribution in [0.15, 0.2) is 0 Å². The molecule has 0 unspecified atom stereocenters. The lowest BCUT2D eigenvalue weighted by atomic mass is 10.2. The Balaban J connectivity index is 3.43. The molecular weight excluding hydrogens is 230 g/mol. The maximum absolute atomic E-state index is 11.4. The number of aliphatic hydroxyl groups is 1. The molecule has 0 saturated heterocycles. The lowest BCUT2D eigenvalue weighted by Gasteiger charge is -2.06. The monoisotopic (exact) mass is 253 g/mol. The van der Waals surface area contributed by atoms with Crippen LogP contribution in [-0.4, -0.2) is 46.1 Å². The zero-order valence-corrected chi connectivity index (χ0v) is 10.8. The Hall–Kier alpha value is -0.170. The highest BCUT2D eigenvalue weighted by molar-refractivity contribution is 7.89. The number of methoxy groups -OCH3 is 1. The van der Waals surface area contributed by atoms with E-state index in [1.165, 1.54) is 0 Å². The summed E-state index contributed by atoms with van der Waals surface area (Å²) in [7, 11) is -1.57. The van der Waals surface area contributed by atoms with Gasteiger partial charge in [-0.3, -0.25) is 0 Å². The van der Waals surface area contributed by atoms with Crippen molar-refractivity contribution in [3.63, 3.8) is 0 Å². The third kappa shape index (κ3) is 10.4. The fourth-order valence-electron chi connectivity index (χ4n) is 1.28. The lowest BCUT2D eigenvalue weighted by Crippen LogP contribution is -2.27. The van der Waals surface area contributed by atoms with Crippen molar-refractivity contribution >= 4 is 10.0 Å². The first-order valence-electron chi connectivity index (χ1n) is 5.69. The van der Waals surface area contributed by atoms with Crippen LogP contribution in [0.4, 0.5) is 0 Å². The van der Waals surface area contributed by atoms with Crippen molar-refractivity contribution in [2.75, 3.05) is 32.6 Å². The quantitative estimate of drug-likeness (QED) is 0.526. The molecule has 5 nitrogen and oxygen atoms in total. The summed E-state index contributed by atoms with van der Waals surface area (Å²) in [6, 6.07) is 0. The van der Waals surface area contributed by atoms with Gasteiger partial charge in [0.1, 0.15) is 0 Å². The molecule has 0 fully saturated rings. The van der Waals surface area contributed by atoms with Gasteiger partial charge in [0.25, 0.3) is 0 Å². The molecule has 0 heterocycles. The Morgan fingerprint density at radius 3 is 2.44 bits per heavy atom. The van der Waals surface area contributed by atoms with Gasteiger partial charge in [-0.05, 0) is 19.3 Å². The summed E-state index contributed by atoms with van der Waals surface area (Å²) < 4.78 is 30.1. The number of nitrogens with one attached hydrogen (secondary N) is 1. The summed E-state index contributed by atoms with van der Waals surface area (Å²) in [5.41, 5.74) is 0. The van der Waals surface area contributed by atoms with E-state index in [0.717, 1.165) is 25.7 Å². The fraction of sp³-hybridized carbons (Fsp3) is 1.00. The summed E-state index contributed by atoms with van der Waals surface area (Å²) in [5, 5.41) is 8.55. The van der Waals surface area contributed by atoms with Gasteiger partial charge >= 0.3 is 0 Å². The largest absolute Gasteiger partial charge is 0.396 e. The van der Waals surface area contributed by atoms with Crippen molar-refractivity contribution in [2.24, 2.45) is 0 Å². The Labute approximate surface area is 98.2 Å². The maximum atomic E-state index is 11.4. The Bertz CT molecular complexity index is 241. The van der Waals surface area contributed by atoms with Crippen molar-refractivity contribution < 1.29 is 18.3 Å². The van der Waals surface area contributed by atoms with E-state index in [-0.39, 0.29) is 12.4 Å². The average Bonchev–Trinajstić information content (AvgIpc) is 2.23. The molecule has 0 aromatic carbocycles. The summed E-state index contributed by atoms with van der Waals surface area (Å²) in [5.74, 6) is 0.123. The molecule has 0 aliphatic heterocycles. The molecule has 98 valence electrons. The number of unbranched alkanes of at least 4 members (excludes halogenated alkanes) is 3. The number of hydrogen-bond donors (Lipinski definition) is 2. The van der Waals surface area contributed by atoms with Gasteiger partial charge in [-0.2, -0.15) is 0 Å². The van der Waals surface area contributed by atoms with Gasteiger partial charge in [-0.15, -0.1) is 0 Å². The molecular formula is C10H23NO4S. The molecule has 0 radical (unpaired) electrons. The topological polar surface area (TPSA) is 75.6 Å². The van der Waals surface area contributed by atoms with Crippen molar-refractivity contribution in [1.29, 1.82) is 0 Å². The highest BCUT2D eigenvalue weighted by Crippen LogP contribution is 1.98. The SMILES string of the molecule is COCCCS(=O)(=O)NCCCCCCO. The van der Waals surface area contributed by atoms with Crippen LogP contribution in [-0.2, 0) is 14.8 Å². The van der Waals surface area contributed by atoms with Gasteiger partial charge in [-0.1, -0.05) is 12.8 Å². The standard InChI is InChI=1S/C10H23NO4S/c1-15-9-6-10-16(13,14)11-7-4-2-3-5-8-12/h11-12H,2-10H2,1H3. The minimum Gasteiger partial charge on any atom is -0.396 e. The molecule has 0 spiro atoms. The van der Waals surface area contributed by atoms with Gasteiger partial charge in [0.15, 0.2) is 0 Å². The smallest absolute Gasteiger partial charge is 0.211 e. The average molecular weight is 253 g/mol. The van der Waals surface area contributed by atoms with E-state index in [1.54, 1.807) is 7.11 Å². The Kier molecular flexibility index (Phi) is 9.91. The van der Waals surface area contributed by atoms with Crippen LogP contribution in [0.25, 0.3) is 0 Å². The Morgan fingerprint density at radius 2 is 1.81 bits per heavy atom. The van der Waals surface area contributed by atoms with E-state index in [9.17, 15) is 8.42 Å². The molecule has 6 heteroatoms. The van der Waals surface area contributed by atoms with Gasteiger partial charge in [-0.25, -0.2) is 13.1 Å². The van der Waals surface area contributed by atoms with Crippen LogP contribution in [0.5, 0.6) is 0 Å². The molecule has 0 aromatic rings. The van der Waals surface area contributed by atoms with Crippen molar-refractivity contribution in [3.8, 4) is 0 Å². The first-order chi connectivity index (χ1) is 7.62. The molecule has 0 aliphatic carbocycles. The molecule has 2 N–H and O–H groups in total. The number of ether oxygens (including phenoxy) is 1. The predicted octanol–water partition coefficient (Wildman–Crippen LogP) is 0.495. The zero-order chi connectivity index (χ0) is 12.3. The number of aliphatic hydroxyl groups excluding tert-OH is 1. The minimum absolute atomic E-state index is 0.123. The highest BCUT2D eigenvalue weighted by atomic mass is 32.2. The summed E-state index contributed by atoms with van der Waals surface area (Å²) >= 11 is 0. The second-order valence-corrected chi connectivity index (χ2v) is 5.62. The molecule has 0 rings (SSSR count). The summed E-state index contributed by atoms with van der Waals surface area (Å²) in [6.07, 6.45) is 4.03. The first kappa shape index (κ1) is 15.8. The molecule has 0 aromatic heterocycles. The maximum Gasteiger partial charge on any atom is 0.211 e. The van der Waals surface area contributed by atoms with E-state index in [1.807, 2.05) is 0 Å². The van der Waals surface area contributed by atoms with Gasteiger partial charge in [0.05, 0.1) is 5.75 Å².